The number of benzene rings is 1. The second-order valence-corrected chi connectivity index (χ2v) is 7.46. The normalized spacial score (nSPS) is 21.6. The minimum Gasteiger partial charge on any atom is -0.348 e. The average molecular weight is 378 g/mol. The molecule has 1 N–H and O–H groups in total. The van der Waals surface area contributed by atoms with E-state index in [0.29, 0.717) is 16.7 Å². The van der Waals surface area contributed by atoms with Crippen LogP contribution in [0.5, 0.6) is 0 Å². The summed E-state index contributed by atoms with van der Waals surface area (Å²) in [6.45, 7) is 2.30. The first-order chi connectivity index (χ1) is 12.0. The van der Waals surface area contributed by atoms with E-state index in [1.807, 2.05) is 16.7 Å². The minimum absolute atomic E-state index is 0.0663. The number of rotatable bonds is 1. The maximum atomic E-state index is 13.3. The number of likely N-dealkylation sites (tertiary alicyclic amines) is 1. The summed E-state index contributed by atoms with van der Waals surface area (Å²) >= 11 is 11.4. The number of thiocarbonyl (C=S) groups is 1. The van der Waals surface area contributed by atoms with Crippen LogP contribution in [0.1, 0.15) is 18.0 Å². The fourth-order valence-electron chi connectivity index (χ4n) is 3.84. The largest absolute Gasteiger partial charge is 0.348 e. The van der Waals surface area contributed by atoms with Gasteiger partial charge in [0.25, 0.3) is 5.56 Å². The first-order valence-corrected chi connectivity index (χ1v) is 9.00. The molecule has 1 saturated heterocycles. The highest BCUT2D eigenvalue weighted by molar-refractivity contribution is 7.80. The zero-order chi connectivity index (χ0) is 17.6. The summed E-state index contributed by atoms with van der Waals surface area (Å²) in [6, 6.07) is 9.94. The van der Waals surface area contributed by atoms with Gasteiger partial charge in [0.15, 0.2) is 5.11 Å². The number of nitrogens with zero attached hydrogens (tertiary/aromatic N) is 2. The highest BCUT2D eigenvalue weighted by atomic mass is 35.5. The lowest BCUT2D eigenvalue weighted by atomic mass is 9.83. The Morgan fingerprint density at radius 2 is 2.08 bits per heavy atom. The molecule has 0 saturated carbocycles. The molecule has 7 heteroatoms. The van der Waals surface area contributed by atoms with Gasteiger partial charge in [-0.05, 0) is 48.8 Å². The Bertz CT molecular complexity index is 900. The molecule has 130 valence electrons. The van der Waals surface area contributed by atoms with Crippen LogP contribution in [0, 0.1) is 11.7 Å². The van der Waals surface area contributed by atoms with Crippen LogP contribution < -0.4 is 10.9 Å². The second-order valence-electron chi connectivity index (χ2n) is 6.66. The van der Waals surface area contributed by atoms with Gasteiger partial charge in [0.1, 0.15) is 5.82 Å². The van der Waals surface area contributed by atoms with Crippen LogP contribution in [0.2, 0.25) is 5.02 Å². The predicted octanol–water partition coefficient (Wildman–Crippen LogP) is 3.46. The summed E-state index contributed by atoms with van der Waals surface area (Å²) in [7, 11) is 0. The van der Waals surface area contributed by atoms with Gasteiger partial charge in [-0.15, -0.1) is 0 Å². The molecule has 1 aromatic heterocycles. The molecular formula is C18H17ClFN3OS. The summed E-state index contributed by atoms with van der Waals surface area (Å²) in [5, 5.41) is 3.81. The molecule has 0 amide bonds. The molecule has 0 unspecified atom stereocenters. The molecule has 2 aliphatic rings. The van der Waals surface area contributed by atoms with Gasteiger partial charge in [-0.3, -0.25) is 4.79 Å². The molecule has 4 nitrogen and oxygen atoms in total. The smallest absolute Gasteiger partial charge is 0.250 e. The number of halogens is 2. The van der Waals surface area contributed by atoms with Crippen molar-refractivity contribution in [1.82, 2.24) is 9.47 Å². The first-order valence-electron chi connectivity index (χ1n) is 8.22. The molecule has 0 aliphatic carbocycles. The molecule has 2 bridgehead atoms. The Morgan fingerprint density at radius 1 is 1.24 bits per heavy atom. The monoisotopic (exact) mass is 377 g/mol. The highest BCUT2D eigenvalue weighted by Crippen LogP contribution is 2.35. The molecule has 0 spiro atoms. The lowest BCUT2D eigenvalue weighted by Crippen LogP contribution is -2.50. The molecular weight excluding hydrogens is 361 g/mol. The summed E-state index contributed by atoms with van der Waals surface area (Å²) in [5.41, 5.74) is 1.83. The molecule has 3 heterocycles. The van der Waals surface area contributed by atoms with Crippen LogP contribution >= 0.6 is 23.8 Å². The third-order valence-electron chi connectivity index (χ3n) is 4.94. The van der Waals surface area contributed by atoms with Crippen molar-refractivity contribution >= 4 is 34.6 Å². The van der Waals surface area contributed by atoms with E-state index in [0.717, 1.165) is 31.7 Å². The summed E-state index contributed by atoms with van der Waals surface area (Å²) in [4.78, 5) is 14.2. The van der Waals surface area contributed by atoms with Crippen molar-refractivity contribution in [3.05, 3.63) is 63.3 Å². The number of pyridine rings is 1. The molecule has 0 radical (unpaired) electrons. The zero-order valence-electron chi connectivity index (χ0n) is 13.4. The van der Waals surface area contributed by atoms with Crippen molar-refractivity contribution in [2.24, 2.45) is 5.92 Å². The third-order valence-corrected chi connectivity index (χ3v) is 5.59. The van der Waals surface area contributed by atoms with Crippen molar-refractivity contribution in [2.45, 2.75) is 18.9 Å². The van der Waals surface area contributed by atoms with Crippen LogP contribution in [0.4, 0.5) is 10.1 Å². The van der Waals surface area contributed by atoms with E-state index < -0.39 is 5.82 Å². The van der Waals surface area contributed by atoms with Crippen LogP contribution in [-0.2, 0) is 6.54 Å². The standard InChI is InChI=1S/C18H17ClFN3OS/c19-14-7-13(4-5-15(14)20)21-18(25)22-8-11-6-12(10-22)16-2-1-3-17(24)23(16)9-11/h1-5,7,11-12H,6,8-10H2,(H,21,25)/t11-,12+/m0/s1. The van der Waals surface area contributed by atoms with Crippen LogP contribution in [0.25, 0.3) is 0 Å². The van der Waals surface area contributed by atoms with E-state index in [-0.39, 0.29) is 16.5 Å². The van der Waals surface area contributed by atoms with Crippen LogP contribution in [0.3, 0.4) is 0 Å². The Morgan fingerprint density at radius 3 is 2.88 bits per heavy atom. The van der Waals surface area contributed by atoms with E-state index in [9.17, 15) is 9.18 Å². The van der Waals surface area contributed by atoms with Crippen molar-refractivity contribution in [1.29, 1.82) is 0 Å². The van der Waals surface area contributed by atoms with Crippen LogP contribution in [-0.4, -0.2) is 27.7 Å². The number of anilines is 1. The molecule has 25 heavy (non-hydrogen) atoms. The van der Waals surface area contributed by atoms with E-state index in [2.05, 4.69) is 10.2 Å². The molecule has 2 atom stereocenters. The minimum atomic E-state index is -0.451. The Balaban J connectivity index is 1.52. The Labute approximate surface area is 155 Å². The van der Waals surface area contributed by atoms with Gasteiger partial charge in [0, 0.05) is 43.0 Å². The third kappa shape index (κ3) is 3.16. The molecule has 4 rings (SSSR count). The van der Waals surface area contributed by atoms with Gasteiger partial charge in [-0.1, -0.05) is 17.7 Å². The van der Waals surface area contributed by atoms with Crippen molar-refractivity contribution in [3.63, 3.8) is 0 Å². The van der Waals surface area contributed by atoms with Crippen molar-refractivity contribution in [3.8, 4) is 0 Å². The van der Waals surface area contributed by atoms with E-state index in [4.69, 9.17) is 23.8 Å². The lowest BCUT2D eigenvalue weighted by molar-refractivity contribution is 0.180. The summed E-state index contributed by atoms with van der Waals surface area (Å²) in [5.74, 6) is 0.230. The second kappa shape index (κ2) is 6.42. The fourth-order valence-corrected chi connectivity index (χ4v) is 4.29. The number of hydrogen-bond acceptors (Lipinski definition) is 2. The Hall–Kier alpha value is -1.92. The topological polar surface area (TPSA) is 37.3 Å². The number of hydrogen-bond donors (Lipinski definition) is 1. The van der Waals surface area contributed by atoms with E-state index >= 15 is 0 Å². The molecule has 2 aliphatic heterocycles. The molecule has 2 aromatic rings. The van der Waals surface area contributed by atoms with Gasteiger partial charge in [-0.25, -0.2) is 4.39 Å². The SMILES string of the molecule is O=c1cccc2n1C[C@H]1C[C@@H]2CN(C(=S)Nc2ccc(F)c(Cl)c2)C1. The maximum Gasteiger partial charge on any atom is 0.250 e. The van der Waals surface area contributed by atoms with Gasteiger partial charge >= 0.3 is 0 Å². The van der Waals surface area contributed by atoms with Gasteiger partial charge in [0.2, 0.25) is 0 Å². The number of piperidine rings is 1. The Kier molecular flexibility index (Phi) is 4.25. The van der Waals surface area contributed by atoms with Crippen molar-refractivity contribution in [2.75, 3.05) is 18.4 Å². The molecule has 1 aromatic carbocycles. The van der Waals surface area contributed by atoms with E-state index in [1.165, 1.54) is 12.1 Å². The number of fused-ring (bicyclic) bond motifs is 4. The van der Waals surface area contributed by atoms with Gasteiger partial charge < -0.3 is 14.8 Å². The van der Waals surface area contributed by atoms with E-state index in [1.54, 1.807) is 12.1 Å². The summed E-state index contributed by atoms with van der Waals surface area (Å²) in [6.07, 6.45) is 1.07. The number of nitrogens with one attached hydrogen (secondary N) is 1. The fraction of sp³-hybridized carbons (Fsp3) is 0.333. The van der Waals surface area contributed by atoms with Gasteiger partial charge in [0.05, 0.1) is 5.02 Å². The van der Waals surface area contributed by atoms with Gasteiger partial charge in [-0.2, -0.15) is 0 Å². The highest BCUT2D eigenvalue weighted by Gasteiger charge is 2.35. The molecule has 1 fully saturated rings. The van der Waals surface area contributed by atoms with Crippen LogP contribution in [0.15, 0.2) is 41.2 Å². The number of aromatic nitrogens is 1. The summed E-state index contributed by atoms with van der Waals surface area (Å²) < 4.78 is 15.2. The quantitative estimate of drug-likeness (QED) is 0.772. The van der Waals surface area contributed by atoms with Crippen molar-refractivity contribution < 1.29 is 4.39 Å². The first kappa shape index (κ1) is 16.5. The average Bonchev–Trinajstić information content (AvgIpc) is 2.59. The predicted molar refractivity (Wildman–Crippen MR) is 101 cm³/mol. The zero-order valence-corrected chi connectivity index (χ0v) is 15.0. The maximum absolute atomic E-state index is 13.3. The lowest BCUT2D eigenvalue weighted by Gasteiger charge is -2.43.